The van der Waals surface area contributed by atoms with E-state index in [0.717, 1.165) is 37.1 Å². The predicted molar refractivity (Wildman–Crippen MR) is 69.1 cm³/mol. The van der Waals surface area contributed by atoms with Crippen LogP contribution in [-0.2, 0) is 6.54 Å². The summed E-state index contributed by atoms with van der Waals surface area (Å²) < 4.78 is 5.87. The van der Waals surface area contributed by atoms with Crippen LogP contribution in [0.3, 0.4) is 0 Å². The van der Waals surface area contributed by atoms with Crippen molar-refractivity contribution < 1.29 is 4.74 Å². The molecule has 0 radical (unpaired) electrons. The van der Waals surface area contributed by atoms with Crippen LogP contribution in [0.15, 0.2) is 18.3 Å². The van der Waals surface area contributed by atoms with Gasteiger partial charge in [-0.3, -0.25) is 0 Å². The maximum Gasteiger partial charge on any atom is 0.217 e. The number of pyridine rings is 1. The summed E-state index contributed by atoms with van der Waals surface area (Å²) in [5.41, 5.74) is 1.16. The summed E-state index contributed by atoms with van der Waals surface area (Å²) >= 11 is 0. The van der Waals surface area contributed by atoms with Gasteiger partial charge < -0.3 is 10.1 Å². The van der Waals surface area contributed by atoms with Gasteiger partial charge in [-0.05, 0) is 31.4 Å². The molecule has 1 saturated carbocycles. The molecule has 0 unspecified atom stereocenters. The average Bonchev–Trinajstić information content (AvgIpc) is 2.88. The van der Waals surface area contributed by atoms with Crippen molar-refractivity contribution in [3.8, 4) is 5.88 Å². The molecule has 0 saturated heterocycles. The van der Waals surface area contributed by atoms with Crippen molar-refractivity contribution in [2.45, 2.75) is 39.2 Å². The fraction of sp³-hybridized carbons (Fsp3) is 0.643. The highest BCUT2D eigenvalue weighted by atomic mass is 16.5. The Bertz CT molecular complexity index is 335. The van der Waals surface area contributed by atoms with Crippen LogP contribution in [0.2, 0.25) is 0 Å². The van der Waals surface area contributed by atoms with Crippen LogP contribution in [0.4, 0.5) is 0 Å². The number of hydrogen-bond donors (Lipinski definition) is 1. The maximum atomic E-state index is 5.87. The second kappa shape index (κ2) is 6.60. The number of aromatic nitrogens is 1. The van der Waals surface area contributed by atoms with E-state index in [1.165, 1.54) is 25.7 Å². The lowest BCUT2D eigenvalue weighted by molar-refractivity contribution is 0.241. The number of nitrogens with zero attached hydrogens (tertiary/aromatic N) is 1. The molecule has 3 heteroatoms. The Kier molecular flexibility index (Phi) is 4.80. The molecule has 3 nitrogen and oxygen atoms in total. The zero-order chi connectivity index (χ0) is 11.9. The predicted octanol–water partition coefficient (Wildman–Crippen LogP) is 2.76. The van der Waals surface area contributed by atoms with Gasteiger partial charge in [0.25, 0.3) is 0 Å². The van der Waals surface area contributed by atoms with E-state index in [9.17, 15) is 0 Å². The summed E-state index contributed by atoms with van der Waals surface area (Å²) in [6, 6.07) is 4.05. The molecule has 0 spiro atoms. The molecular formula is C14H22N2O. The number of nitrogens with one attached hydrogen (secondary N) is 1. The first-order valence-electron chi connectivity index (χ1n) is 6.67. The summed E-state index contributed by atoms with van der Waals surface area (Å²) in [5.74, 6) is 1.55. The van der Waals surface area contributed by atoms with Gasteiger partial charge in [0, 0.05) is 18.3 Å². The van der Waals surface area contributed by atoms with E-state index in [-0.39, 0.29) is 0 Å². The smallest absolute Gasteiger partial charge is 0.217 e. The van der Waals surface area contributed by atoms with Gasteiger partial charge in [-0.1, -0.05) is 25.8 Å². The molecular weight excluding hydrogens is 212 g/mol. The molecule has 94 valence electrons. The van der Waals surface area contributed by atoms with Crippen LogP contribution in [0.25, 0.3) is 0 Å². The minimum absolute atomic E-state index is 0.740. The van der Waals surface area contributed by atoms with Crippen LogP contribution in [0.1, 0.15) is 38.2 Å². The van der Waals surface area contributed by atoms with Crippen molar-refractivity contribution in [3.05, 3.63) is 23.9 Å². The number of hydrogen-bond acceptors (Lipinski definition) is 3. The van der Waals surface area contributed by atoms with Crippen molar-refractivity contribution in [1.82, 2.24) is 10.3 Å². The first-order chi connectivity index (χ1) is 8.40. The molecule has 1 heterocycles. The summed E-state index contributed by atoms with van der Waals surface area (Å²) in [6.45, 7) is 4.74. The Balaban J connectivity index is 1.89. The van der Waals surface area contributed by atoms with Crippen LogP contribution in [0, 0.1) is 5.92 Å². The lowest BCUT2D eigenvalue weighted by Gasteiger charge is -2.13. The molecule has 17 heavy (non-hydrogen) atoms. The van der Waals surface area contributed by atoms with Crippen LogP contribution in [-0.4, -0.2) is 18.1 Å². The average molecular weight is 234 g/mol. The normalized spacial score (nSPS) is 16.3. The standard InChI is InChI=1S/C14H22N2O/c1-2-15-10-13-8-5-9-16-14(13)17-11-12-6-3-4-7-12/h5,8-9,12,15H,2-4,6-7,10-11H2,1H3. The Morgan fingerprint density at radius 3 is 3.00 bits per heavy atom. The van der Waals surface area contributed by atoms with Gasteiger partial charge in [0.15, 0.2) is 0 Å². The van der Waals surface area contributed by atoms with Gasteiger partial charge in [0.2, 0.25) is 5.88 Å². The highest BCUT2D eigenvalue weighted by Crippen LogP contribution is 2.25. The van der Waals surface area contributed by atoms with E-state index in [1.807, 2.05) is 6.07 Å². The molecule has 1 N–H and O–H groups in total. The number of rotatable bonds is 6. The Hall–Kier alpha value is -1.09. The van der Waals surface area contributed by atoms with Crippen molar-refractivity contribution in [2.75, 3.05) is 13.2 Å². The molecule has 1 aliphatic rings. The first-order valence-corrected chi connectivity index (χ1v) is 6.67. The third-order valence-corrected chi connectivity index (χ3v) is 3.35. The van der Waals surface area contributed by atoms with E-state index >= 15 is 0 Å². The molecule has 0 bridgehead atoms. The van der Waals surface area contributed by atoms with E-state index in [1.54, 1.807) is 6.20 Å². The summed E-state index contributed by atoms with van der Waals surface area (Å²) in [7, 11) is 0. The van der Waals surface area contributed by atoms with Crippen LogP contribution in [0.5, 0.6) is 5.88 Å². The summed E-state index contributed by atoms with van der Waals surface area (Å²) in [6.07, 6.45) is 7.16. The van der Waals surface area contributed by atoms with Gasteiger partial charge in [0.1, 0.15) is 0 Å². The largest absolute Gasteiger partial charge is 0.477 e. The fourth-order valence-electron chi connectivity index (χ4n) is 2.32. The van der Waals surface area contributed by atoms with Crippen molar-refractivity contribution >= 4 is 0 Å². The molecule has 1 aliphatic carbocycles. The van der Waals surface area contributed by atoms with E-state index in [4.69, 9.17) is 4.74 Å². The lowest BCUT2D eigenvalue weighted by atomic mass is 10.1. The van der Waals surface area contributed by atoms with Gasteiger partial charge in [-0.15, -0.1) is 0 Å². The maximum absolute atomic E-state index is 5.87. The van der Waals surface area contributed by atoms with Gasteiger partial charge in [0.05, 0.1) is 6.61 Å². The molecule has 1 aromatic heterocycles. The molecule has 2 rings (SSSR count). The van der Waals surface area contributed by atoms with E-state index in [2.05, 4.69) is 23.3 Å². The van der Waals surface area contributed by atoms with Crippen LogP contribution < -0.4 is 10.1 Å². The van der Waals surface area contributed by atoms with Gasteiger partial charge in [-0.2, -0.15) is 0 Å². The third-order valence-electron chi connectivity index (χ3n) is 3.35. The summed E-state index contributed by atoms with van der Waals surface area (Å²) in [4.78, 5) is 4.33. The molecule has 0 aromatic carbocycles. The highest BCUT2D eigenvalue weighted by Gasteiger charge is 2.16. The summed E-state index contributed by atoms with van der Waals surface area (Å²) in [5, 5.41) is 3.31. The van der Waals surface area contributed by atoms with Gasteiger partial charge in [-0.25, -0.2) is 4.98 Å². The highest BCUT2D eigenvalue weighted by molar-refractivity contribution is 5.25. The van der Waals surface area contributed by atoms with Crippen molar-refractivity contribution in [3.63, 3.8) is 0 Å². The lowest BCUT2D eigenvalue weighted by Crippen LogP contribution is -2.15. The SMILES string of the molecule is CCNCc1cccnc1OCC1CCCC1. The molecule has 0 amide bonds. The Morgan fingerprint density at radius 2 is 2.24 bits per heavy atom. The van der Waals surface area contributed by atoms with E-state index in [0.29, 0.717) is 0 Å². The van der Waals surface area contributed by atoms with Gasteiger partial charge >= 0.3 is 0 Å². The van der Waals surface area contributed by atoms with E-state index < -0.39 is 0 Å². The Labute approximate surface area is 104 Å². The fourth-order valence-corrected chi connectivity index (χ4v) is 2.32. The number of ether oxygens (including phenoxy) is 1. The molecule has 1 aromatic rings. The van der Waals surface area contributed by atoms with Crippen LogP contribution >= 0.6 is 0 Å². The molecule has 0 atom stereocenters. The second-order valence-corrected chi connectivity index (χ2v) is 4.71. The minimum Gasteiger partial charge on any atom is -0.477 e. The first kappa shape index (κ1) is 12.4. The second-order valence-electron chi connectivity index (χ2n) is 4.71. The van der Waals surface area contributed by atoms with Crippen molar-refractivity contribution in [1.29, 1.82) is 0 Å². The molecule has 0 aliphatic heterocycles. The van der Waals surface area contributed by atoms with Crippen molar-refractivity contribution in [2.24, 2.45) is 5.92 Å². The quantitative estimate of drug-likeness (QED) is 0.822. The zero-order valence-corrected chi connectivity index (χ0v) is 10.6. The Morgan fingerprint density at radius 1 is 1.41 bits per heavy atom. The minimum atomic E-state index is 0.740. The zero-order valence-electron chi connectivity index (χ0n) is 10.6. The monoisotopic (exact) mass is 234 g/mol. The topological polar surface area (TPSA) is 34.2 Å². The third kappa shape index (κ3) is 3.70. The molecule has 1 fully saturated rings.